The van der Waals surface area contributed by atoms with E-state index in [0.717, 1.165) is 53.5 Å². The number of hydrogen-bond acceptors (Lipinski definition) is 5. The third-order valence-electron chi connectivity index (χ3n) is 5.66. The van der Waals surface area contributed by atoms with Crippen molar-refractivity contribution >= 4 is 56.3 Å². The summed E-state index contributed by atoms with van der Waals surface area (Å²) in [6, 6.07) is 19.0. The van der Waals surface area contributed by atoms with Crippen LogP contribution in [0.1, 0.15) is 15.9 Å². The molecule has 1 saturated heterocycles. The zero-order valence-corrected chi connectivity index (χ0v) is 20.1. The van der Waals surface area contributed by atoms with Crippen LogP contribution in [0, 0.1) is 0 Å². The van der Waals surface area contributed by atoms with Gasteiger partial charge in [0.15, 0.2) is 0 Å². The van der Waals surface area contributed by atoms with E-state index in [1.165, 1.54) is 5.56 Å². The van der Waals surface area contributed by atoms with Crippen molar-refractivity contribution in [3.8, 4) is 10.6 Å². The smallest absolute Gasteiger partial charge is 0.255 e. The molecule has 33 heavy (non-hydrogen) atoms. The van der Waals surface area contributed by atoms with Crippen molar-refractivity contribution in [1.29, 1.82) is 0 Å². The Bertz CT molecular complexity index is 1320. The highest BCUT2D eigenvalue weighted by molar-refractivity contribution is 7.21. The lowest BCUT2D eigenvalue weighted by molar-refractivity contribution is 0.102. The maximum Gasteiger partial charge on any atom is 0.255 e. The molecule has 1 aliphatic heterocycles. The number of benzene rings is 3. The summed E-state index contributed by atoms with van der Waals surface area (Å²) >= 11 is 13.7. The van der Waals surface area contributed by atoms with Gasteiger partial charge in [-0.05, 0) is 48.0 Å². The third-order valence-corrected chi connectivity index (χ3v) is 7.45. The quantitative estimate of drug-likeness (QED) is 0.359. The normalized spacial score (nSPS) is 14.5. The van der Waals surface area contributed by atoms with Gasteiger partial charge in [-0.15, -0.1) is 11.3 Å². The maximum absolute atomic E-state index is 12.8. The molecule has 1 aliphatic rings. The van der Waals surface area contributed by atoms with Crippen LogP contribution >= 0.6 is 34.5 Å². The minimum absolute atomic E-state index is 0.250. The SMILES string of the molecule is O=C(Nc1ccccc1-c1nc2ccc(CN3CCNCC3)cc2s1)c1ccc(Cl)c(Cl)c1. The van der Waals surface area contributed by atoms with Gasteiger partial charge in [0.1, 0.15) is 5.01 Å². The van der Waals surface area contributed by atoms with Gasteiger partial charge < -0.3 is 10.6 Å². The number of nitrogens with one attached hydrogen (secondary N) is 2. The molecule has 0 bridgehead atoms. The average Bonchev–Trinajstić information content (AvgIpc) is 3.25. The van der Waals surface area contributed by atoms with E-state index in [2.05, 4.69) is 33.7 Å². The second-order valence-electron chi connectivity index (χ2n) is 7.98. The molecule has 2 heterocycles. The van der Waals surface area contributed by atoms with Crippen molar-refractivity contribution in [1.82, 2.24) is 15.2 Å². The Morgan fingerprint density at radius 3 is 2.67 bits per heavy atom. The van der Waals surface area contributed by atoms with Crippen molar-refractivity contribution in [3.63, 3.8) is 0 Å². The first-order valence-corrected chi connectivity index (χ1v) is 12.3. The molecule has 1 amide bonds. The van der Waals surface area contributed by atoms with E-state index in [-0.39, 0.29) is 5.91 Å². The van der Waals surface area contributed by atoms with Crippen LogP contribution in [0.5, 0.6) is 0 Å². The van der Waals surface area contributed by atoms with E-state index in [1.54, 1.807) is 29.5 Å². The first-order chi connectivity index (χ1) is 16.1. The van der Waals surface area contributed by atoms with E-state index in [1.807, 2.05) is 24.3 Å². The molecule has 1 fully saturated rings. The molecule has 8 heteroatoms. The number of anilines is 1. The fourth-order valence-electron chi connectivity index (χ4n) is 3.92. The molecular weight excluding hydrogens is 475 g/mol. The van der Waals surface area contributed by atoms with Gasteiger partial charge >= 0.3 is 0 Å². The van der Waals surface area contributed by atoms with Crippen molar-refractivity contribution in [2.24, 2.45) is 0 Å². The number of thiazole rings is 1. The van der Waals surface area contributed by atoms with Gasteiger partial charge in [-0.1, -0.05) is 41.4 Å². The zero-order chi connectivity index (χ0) is 22.8. The minimum atomic E-state index is -0.250. The summed E-state index contributed by atoms with van der Waals surface area (Å²) < 4.78 is 1.14. The first-order valence-electron chi connectivity index (χ1n) is 10.8. The predicted molar refractivity (Wildman–Crippen MR) is 138 cm³/mol. The van der Waals surface area contributed by atoms with Gasteiger partial charge in [0.25, 0.3) is 5.91 Å². The first kappa shape index (κ1) is 22.3. The summed E-state index contributed by atoms with van der Waals surface area (Å²) in [6.45, 7) is 5.16. The number of nitrogens with zero attached hydrogens (tertiary/aromatic N) is 2. The second kappa shape index (κ2) is 9.79. The van der Waals surface area contributed by atoms with Crippen molar-refractivity contribution in [3.05, 3.63) is 81.8 Å². The second-order valence-corrected chi connectivity index (χ2v) is 9.82. The molecule has 4 aromatic rings. The topological polar surface area (TPSA) is 57.3 Å². The summed E-state index contributed by atoms with van der Waals surface area (Å²) in [5.74, 6) is -0.250. The van der Waals surface area contributed by atoms with E-state index in [0.29, 0.717) is 21.3 Å². The molecule has 0 radical (unpaired) electrons. The van der Waals surface area contributed by atoms with Crippen molar-refractivity contribution < 1.29 is 4.79 Å². The highest BCUT2D eigenvalue weighted by atomic mass is 35.5. The molecule has 5 rings (SSSR count). The molecule has 0 spiro atoms. The van der Waals surface area contributed by atoms with E-state index < -0.39 is 0 Å². The summed E-state index contributed by atoms with van der Waals surface area (Å²) in [6.07, 6.45) is 0. The number of aromatic nitrogens is 1. The highest BCUT2D eigenvalue weighted by Crippen LogP contribution is 2.35. The number of halogens is 2. The van der Waals surface area contributed by atoms with Gasteiger partial charge in [0.05, 0.1) is 25.9 Å². The molecule has 2 N–H and O–H groups in total. The third kappa shape index (κ3) is 5.05. The summed E-state index contributed by atoms with van der Waals surface area (Å²) in [7, 11) is 0. The van der Waals surface area contributed by atoms with Crippen molar-refractivity contribution in [2.45, 2.75) is 6.54 Å². The average molecular weight is 497 g/mol. The largest absolute Gasteiger partial charge is 0.321 e. The fraction of sp³-hybridized carbons (Fsp3) is 0.200. The molecular formula is C25H22Cl2N4OS. The zero-order valence-electron chi connectivity index (χ0n) is 17.8. The lowest BCUT2D eigenvalue weighted by atomic mass is 10.1. The molecule has 0 aliphatic carbocycles. The van der Waals surface area contributed by atoms with Gasteiger partial charge in [-0.2, -0.15) is 0 Å². The van der Waals surface area contributed by atoms with Gasteiger partial charge in [-0.3, -0.25) is 9.69 Å². The van der Waals surface area contributed by atoms with E-state index in [4.69, 9.17) is 28.2 Å². The Morgan fingerprint density at radius 2 is 1.85 bits per heavy atom. The van der Waals surface area contributed by atoms with Gasteiger partial charge in [0.2, 0.25) is 0 Å². The Hall–Kier alpha value is -2.48. The molecule has 168 valence electrons. The van der Waals surface area contributed by atoms with Crippen LogP contribution in [0.2, 0.25) is 10.0 Å². The molecule has 0 saturated carbocycles. The number of carbonyl (C=O) groups is 1. The van der Waals surface area contributed by atoms with Crippen LogP contribution in [0.15, 0.2) is 60.7 Å². The van der Waals surface area contributed by atoms with Crippen LogP contribution in [0.4, 0.5) is 5.69 Å². The Kier molecular flexibility index (Phi) is 6.62. The maximum atomic E-state index is 12.8. The van der Waals surface area contributed by atoms with Gasteiger partial charge in [-0.25, -0.2) is 4.98 Å². The lowest BCUT2D eigenvalue weighted by Crippen LogP contribution is -2.42. The Balaban J connectivity index is 1.40. The highest BCUT2D eigenvalue weighted by Gasteiger charge is 2.15. The van der Waals surface area contributed by atoms with Crippen molar-refractivity contribution in [2.75, 3.05) is 31.5 Å². The standard InChI is InChI=1S/C25H22Cl2N4OS/c26-19-7-6-17(14-20(19)27)24(32)29-21-4-2-1-3-18(21)25-30-22-8-5-16(13-23(22)33-25)15-31-11-9-28-10-12-31/h1-8,13-14,28H,9-12,15H2,(H,29,32). The van der Waals surface area contributed by atoms with Crippen LogP contribution in [-0.2, 0) is 6.54 Å². The fourth-order valence-corrected chi connectivity index (χ4v) is 5.29. The predicted octanol–water partition coefficient (Wildman–Crippen LogP) is 5.93. The number of hydrogen-bond donors (Lipinski definition) is 2. The van der Waals surface area contributed by atoms with Gasteiger partial charge in [0, 0.05) is 43.9 Å². The van der Waals surface area contributed by atoms with Crippen LogP contribution in [-0.4, -0.2) is 42.0 Å². The number of carbonyl (C=O) groups excluding carboxylic acids is 1. The van der Waals surface area contributed by atoms with Crippen LogP contribution in [0.3, 0.4) is 0 Å². The number of fused-ring (bicyclic) bond motifs is 1. The molecule has 0 unspecified atom stereocenters. The van der Waals surface area contributed by atoms with Crippen LogP contribution < -0.4 is 10.6 Å². The van der Waals surface area contributed by atoms with Crippen LogP contribution in [0.25, 0.3) is 20.8 Å². The van der Waals surface area contributed by atoms with E-state index >= 15 is 0 Å². The number of piperazine rings is 1. The molecule has 3 aromatic carbocycles. The number of rotatable bonds is 5. The molecule has 0 atom stereocenters. The Morgan fingerprint density at radius 1 is 1.03 bits per heavy atom. The summed E-state index contributed by atoms with van der Waals surface area (Å²) in [5, 5.41) is 8.02. The summed E-state index contributed by atoms with van der Waals surface area (Å²) in [5.41, 5.74) is 4.29. The summed E-state index contributed by atoms with van der Waals surface area (Å²) in [4.78, 5) is 20.1. The Labute approximate surface area is 206 Å². The minimum Gasteiger partial charge on any atom is -0.321 e. The molecule has 5 nitrogen and oxygen atoms in total. The number of para-hydroxylation sites is 1. The number of amides is 1. The molecule has 1 aromatic heterocycles. The lowest BCUT2D eigenvalue weighted by Gasteiger charge is -2.27. The monoisotopic (exact) mass is 496 g/mol. The van der Waals surface area contributed by atoms with E-state index in [9.17, 15) is 4.79 Å².